The van der Waals surface area contributed by atoms with Gasteiger partial charge in [0.05, 0.1) is 12.8 Å². The van der Waals surface area contributed by atoms with Gasteiger partial charge in [0.25, 0.3) is 0 Å². The van der Waals surface area contributed by atoms with Gasteiger partial charge in [-0.25, -0.2) is 8.42 Å². The Kier molecular flexibility index (Phi) is 5.71. The van der Waals surface area contributed by atoms with Crippen molar-refractivity contribution < 1.29 is 22.7 Å². The van der Waals surface area contributed by atoms with Gasteiger partial charge in [-0.05, 0) is 36.6 Å². The Morgan fingerprint density at radius 3 is 2.47 bits per heavy atom. The molecule has 30 heavy (non-hydrogen) atoms. The molecule has 0 unspecified atom stereocenters. The van der Waals surface area contributed by atoms with Crippen molar-refractivity contribution in [1.29, 1.82) is 0 Å². The third kappa shape index (κ3) is 4.15. The fraction of sp³-hybridized carbons (Fsp3) is 0.409. The van der Waals surface area contributed by atoms with E-state index >= 15 is 0 Å². The molecule has 2 aromatic carbocycles. The van der Waals surface area contributed by atoms with Crippen molar-refractivity contribution in [3.05, 3.63) is 59.7 Å². The van der Waals surface area contributed by atoms with Crippen LogP contribution in [0.2, 0.25) is 0 Å². The Balaban J connectivity index is 1.53. The monoisotopic (exact) mass is 430 g/mol. The lowest BCUT2D eigenvalue weighted by atomic mass is 9.95. The lowest BCUT2D eigenvalue weighted by Gasteiger charge is -2.38. The first-order chi connectivity index (χ1) is 14.4. The average Bonchev–Trinajstić information content (AvgIpc) is 2.75. The summed E-state index contributed by atoms with van der Waals surface area (Å²) in [5, 5.41) is 0. The van der Waals surface area contributed by atoms with Crippen LogP contribution in [0.15, 0.2) is 48.5 Å². The predicted molar refractivity (Wildman–Crippen MR) is 113 cm³/mol. The summed E-state index contributed by atoms with van der Waals surface area (Å²) in [6.07, 6.45) is 1.21. The molecule has 160 valence electrons. The number of sulfonamides is 1. The maximum atomic E-state index is 13.4. The van der Waals surface area contributed by atoms with E-state index in [2.05, 4.69) is 0 Å². The Morgan fingerprint density at radius 2 is 1.77 bits per heavy atom. The lowest BCUT2D eigenvalue weighted by Crippen LogP contribution is -2.55. The van der Waals surface area contributed by atoms with Crippen LogP contribution < -0.4 is 9.47 Å². The number of carbonyl (C=O) groups is 1. The second-order valence-electron chi connectivity index (χ2n) is 7.67. The van der Waals surface area contributed by atoms with E-state index < -0.39 is 16.1 Å². The number of benzene rings is 2. The zero-order chi connectivity index (χ0) is 21.3. The molecule has 8 heteroatoms. The number of ether oxygens (including phenoxy) is 2. The molecule has 2 aliphatic rings. The number of hydrogen-bond acceptors (Lipinski definition) is 5. The van der Waals surface area contributed by atoms with E-state index in [1.807, 2.05) is 55.5 Å². The van der Waals surface area contributed by atoms with Gasteiger partial charge in [0.1, 0.15) is 12.6 Å². The van der Waals surface area contributed by atoms with E-state index in [0.717, 1.165) is 17.4 Å². The number of amides is 1. The highest BCUT2D eigenvalue weighted by atomic mass is 32.2. The van der Waals surface area contributed by atoms with Crippen LogP contribution in [0.1, 0.15) is 18.1 Å². The Labute approximate surface area is 177 Å². The van der Waals surface area contributed by atoms with Crippen molar-refractivity contribution >= 4 is 15.9 Å². The molecule has 2 aliphatic heterocycles. The molecule has 0 spiro atoms. The summed E-state index contributed by atoms with van der Waals surface area (Å²) >= 11 is 0. The molecule has 0 fully saturated rings. The fourth-order valence-corrected chi connectivity index (χ4v) is 5.04. The van der Waals surface area contributed by atoms with Crippen molar-refractivity contribution in [2.75, 3.05) is 26.0 Å². The molecule has 1 amide bonds. The highest BCUT2D eigenvalue weighted by Gasteiger charge is 2.39. The first-order valence-electron chi connectivity index (χ1n) is 10.1. The van der Waals surface area contributed by atoms with Gasteiger partial charge in [-0.1, -0.05) is 36.4 Å². The first-order valence-corrected chi connectivity index (χ1v) is 11.9. The zero-order valence-corrected chi connectivity index (χ0v) is 18.0. The van der Waals surface area contributed by atoms with E-state index in [0.29, 0.717) is 37.6 Å². The van der Waals surface area contributed by atoms with Gasteiger partial charge < -0.3 is 14.4 Å². The average molecular weight is 431 g/mol. The van der Waals surface area contributed by atoms with Gasteiger partial charge in [-0.3, -0.25) is 4.79 Å². The summed E-state index contributed by atoms with van der Waals surface area (Å²) in [7, 11) is -3.55. The van der Waals surface area contributed by atoms with Crippen LogP contribution in [0.5, 0.6) is 11.5 Å². The molecular formula is C22H26N2O5S. The summed E-state index contributed by atoms with van der Waals surface area (Å²) in [4.78, 5) is 15.1. The van der Waals surface area contributed by atoms with Gasteiger partial charge in [0, 0.05) is 13.1 Å². The van der Waals surface area contributed by atoms with E-state index in [9.17, 15) is 13.2 Å². The minimum atomic E-state index is -3.55. The largest absolute Gasteiger partial charge is 0.486 e. The number of hydrogen-bond donors (Lipinski definition) is 0. The molecule has 0 aromatic heterocycles. The molecule has 2 atom stereocenters. The topological polar surface area (TPSA) is 76.2 Å². The Hall–Kier alpha value is -2.58. The van der Waals surface area contributed by atoms with Crippen LogP contribution in [0.3, 0.4) is 0 Å². The maximum absolute atomic E-state index is 13.4. The number of fused-ring (bicyclic) bond motifs is 2. The first kappa shape index (κ1) is 20.7. The van der Waals surface area contributed by atoms with Crippen molar-refractivity contribution in [3.63, 3.8) is 0 Å². The third-order valence-electron chi connectivity index (χ3n) is 5.60. The van der Waals surface area contributed by atoms with Gasteiger partial charge in [0.2, 0.25) is 15.9 Å². The molecular weight excluding hydrogens is 404 g/mol. The van der Waals surface area contributed by atoms with Crippen molar-refractivity contribution in [2.24, 2.45) is 0 Å². The third-order valence-corrected chi connectivity index (χ3v) is 6.84. The summed E-state index contributed by atoms with van der Waals surface area (Å²) in [5.41, 5.74) is 1.95. The highest BCUT2D eigenvalue weighted by Crippen LogP contribution is 2.31. The normalized spacial score (nSPS) is 21.0. The fourth-order valence-electron chi connectivity index (χ4n) is 4.04. The molecule has 2 heterocycles. The smallest absolute Gasteiger partial charge is 0.241 e. The molecule has 4 rings (SSSR count). The molecule has 7 nitrogen and oxygen atoms in total. The minimum Gasteiger partial charge on any atom is -0.486 e. The van der Waals surface area contributed by atoms with Crippen molar-refractivity contribution in [1.82, 2.24) is 9.21 Å². The van der Waals surface area contributed by atoms with Crippen LogP contribution in [0.25, 0.3) is 0 Å². The lowest BCUT2D eigenvalue weighted by molar-refractivity contribution is -0.137. The number of para-hydroxylation sites is 2. The highest BCUT2D eigenvalue weighted by molar-refractivity contribution is 7.88. The van der Waals surface area contributed by atoms with E-state index in [1.54, 1.807) is 4.90 Å². The summed E-state index contributed by atoms with van der Waals surface area (Å²) < 4.78 is 38.0. The molecule has 0 saturated carbocycles. The van der Waals surface area contributed by atoms with Gasteiger partial charge in [-0.2, -0.15) is 4.31 Å². The summed E-state index contributed by atoms with van der Waals surface area (Å²) in [5.74, 6) is 1.14. The maximum Gasteiger partial charge on any atom is 0.241 e. The molecule has 2 aromatic rings. The van der Waals surface area contributed by atoms with Crippen molar-refractivity contribution in [2.45, 2.75) is 32.0 Å². The van der Waals surface area contributed by atoms with Gasteiger partial charge >= 0.3 is 0 Å². The Bertz CT molecular complexity index is 1040. The zero-order valence-electron chi connectivity index (χ0n) is 17.2. The standard InChI is InChI=1S/C22H26N2O5S/c1-3-23(14-18-15-28-20-10-6-7-11-21(20)29-18)22(25)19-12-16-8-4-5-9-17(16)13-24(19)30(2,26)27/h4-11,18-19H,3,12-15H2,1-2H3/t18-,19+/m1/s1. The van der Waals surface area contributed by atoms with Gasteiger partial charge in [-0.15, -0.1) is 0 Å². The number of likely N-dealkylation sites (N-methyl/N-ethyl adjacent to an activating group) is 1. The van der Waals surface area contributed by atoms with Crippen LogP contribution in [-0.4, -0.2) is 61.6 Å². The van der Waals surface area contributed by atoms with Crippen LogP contribution in [-0.2, 0) is 27.8 Å². The number of nitrogens with zero attached hydrogens (tertiary/aromatic N) is 2. The number of rotatable bonds is 5. The second kappa shape index (κ2) is 8.28. The van der Waals surface area contributed by atoms with E-state index in [1.165, 1.54) is 4.31 Å². The summed E-state index contributed by atoms with van der Waals surface area (Å²) in [6.45, 7) is 3.22. The van der Waals surface area contributed by atoms with E-state index in [-0.39, 0.29) is 18.6 Å². The molecule has 0 N–H and O–H groups in total. The molecule has 0 radical (unpaired) electrons. The van der Waals surface area contributed by atoms with E-state index in [4.69, 9.17) is 9.47 Å². The molecule has 0 saturated heterocycles. The quantitative estimate of drug-likeness (QED) is 0.726. The van der Waals surface area contributed by atoms with Crippen LogP contribution in [0, 0.1) is 0 Å². The molecule has 0 aliphatic carbocycles. The van der Waals surface area contributed by atoms with Crippen molar-refractivity contribution in [3.8, 4) is 11.5 Å². The van der Waals surface area contributed by atoms with Crippen LogP contribution in [0.4, 0.5) is 0 Å². The SMILES string of the molecule is CCN(C[C@@H]1COc2ccccc2O1)C(=O)[C@@H]1Cc2ccccc2CN1S(C)(=O)=O. The second-order valence-corrected chi connectivity index (χ2v) is 9.61. The minimum absolute atomic E-state index is 0.208. The summed E-state index contributed by atoms with van der Waals surface area (Å²) in [6, 6.07) is 14.3. The molecule has 0 bridgehead atoms. The number of carbonyl (C=O) groups excluding carboxylic acids is 1. The Morgan fingerprint density at radius 1 is 1.10 bits per heavy atom. The van der Waals surface area contributed by atoms with Crippen LogP contribution >= 0.6 is 0 Å². The predicted octanol–water partition coefficient (Wildman–Crippen LogP) is 2.06. The van der Waals surface area contributed by atoms with Gasteiger partial charge in [0.15, 0.2) is 17.6 Å².